The van der Waals surface area contributed by atoms with E-state index in [9.17, 15) is 12.8 Å². The van der Waals surface area contributed by atoms with Gasteiger partial charge in [0, 0.05) is 26.2 Å². The Labute approximate surface area is 189 Å². The number of nitrogens with zero attached hydrogens (tertiary/aromatic N) is 2. The van der Waals surface area contributed by atoms with Gasteiger partial charge in [0.15, 0.2) is 0 Å². The number of fused-ring (bicyclic) bond motifs is 1. The Hall–Kier alpha value is -2.16. The monoisotopic (exact) mass is 460 g/mol. The van der Waals surface area contributed by atoms with Gasteiger partial charge >= 0.3 is 0 Å². The second kappa shape index (κ2) is 8.32. The van der Waals surface area contributed by atoms with Crippen molar-refractivity contribution >= 4 is 15.7 Å². The van der Waals surface area contributed by atoms with Gasteiger partial charge in [0.05, 0.1) is 26.0 Å². The number of morpholine rings is 1. The lowest BCUT2D eigenvalue weighted by Gasteiger charge is -2.29. The van der Waals surface area contributed by atoms with E-state index in [1.165, 1.54) is 7.11 Å². The number of rotatable bonds is 6. The maximum Gasteiger partial charge on any atom is 0.246 e. The standard InChI is InChI=1S/C24H29FN2O4S/c1-16-3-6-24(23(11-16)30-2)32(28,29)27-14-19-18(20(19)15-27)12-17-4-5-22(21(25)13-17)26-7-9-31-10-8-26/h3-6,11,13,18-20H,7-10,12,14-15H2,1-2H3. The minimum absolute atomic E-state index is 0.189. The van der Waals surface area contributed by atoms with Crippen molar-refractivity contribution in [2.45, 2.75) is 18.2 Å². The zero-order chi connectivity index (χ0) is 22.5. The Kier molecular flexibility index (Phi) is 5.63. The molecule has 2 atom stereocenters. The first kappa shape index (κ1) is 21.7. The summed E-state index contributed by atoms with van der Waals surface area (Å²) in [6.07, 6.45) is 0.789. The topological polar surface area (TPSA) is 59.1 Å². The third kappa shape index (κ3) is 3.89. The normalized spacial score (nSPS) is 25.6. The highest BCUT2D eigenvalue weighted by molar-refractivity contribution is 7.89. The molecule has 2 heterocycles. The molecular weight excluding hydrogens is 431 g/mol. The van der Waals surface area contributed by atoms with Crippen molar-refractivity contribution in [2.75, 3.05) is 51.4 Å². The summed E-state index contributed by atoms with van der Waals surface area (Å²) in [6, 6.07) is 10.7. The molecule has 0 bridgehead atoms. The van der Waals surface area contributed by atoms with Crippen LogP contribution in [0.3, 0.4) is 0 Å². The van der Waals surface area contributed by atoms with Crippen molar-refractivity contribution in [1.29, 1.82) is 0 Å². The predicted molar refractivity (Wildman–Crippen MR) is 120 cm³/mol. The number of hydrogen-bond acceptors (Lipinski definition) is 5. The third-order valence-electron chi connectivity index (χ3n) is 7.11. The van der Waals surface area contributed by atoms with E-state index in [0.717, 1.165) is 17.5 Å². The second-order valence-electron chi connectivity index (χ2n) is 9.06. The quantitative estimate of drug-likeness (QED) is 0.663. The lowest BCUT2D eigenvalue weighted by Crippen LogP contribution is -2.36. The van der Waals surface area contributed by atoms with E-state index < -0.39 is 10.0 Å². The molecule has 8 heteroatoms. The minimum Gasteiger partial charge on any atom is -0.495 e. The summed E-state index contributed by atoms with van der Waals surface area (Å²) in [7, 11) is -2.09. The summed E-state index contributed by atoms with van der Waals surface area (Å²) >= 11 is 0. The van der Waals surface area contributed by atoms with Crippen molar-refractivity contribution in [2.24, 2.45) is 17.8 Å². The van der Waals surface area contributed by atoms with Crippen LogP contribution in [0.1, 0.15) is 11.1 Å². The van der Waals surface area contributed by atoms with E-state index >= 15 is 0 Å². The molecule has 1 aliphatic carbocycles. The molecule has 6 nitrogen and oxygen atoms in total. The fourth-order valence-electron chi connectivity index (χ4n) is 5.25. The molecule has 32 heavy (non-hydrogen) atoms. The SMILES string of the molecule is COc1cc(C)ccc1S(=O)(=O)N1CC2C(Cc3ccc(N4CCOCC4)c(F)c3)C2C1. The molecule has 3 fully saturated rings. The van der Waals surface area contributed by atoms with E-state index in [1.54, 1.807) is 28.6 Å². The predicted octanol–water partition coefficient (Wildman–Crippen LogP) is 3.09. The number of sulfonamides is 1. The van der Waals surface area contributed by atoms with Crippen LogP contribution in [0.15, 0.2) is 41.3 Å². The molecule has 2 saturated heterocycles. The van der Waals surface area contributed by atoms with Crippen molar-refractivity contribution < 1.29 is 22.3 Å². The van der Waals surface area contributed by atoms with Crippen LogP contribution in [0.5, 0.6) is 5.75 Å². The number of ether oxygens (including phenoxy) is 2. The summed E-state index contributed by atoms with van der Waals surface area (Å²) in [5.41, 5.74) is 2.57. The summed E-state index contributed by atoms with van der Waals surface area (Å²) in [5, 5.41) is 0. The van der Waals surface area contributed by atoms with Gasteiger partial charge in [-0.3, -0.25) is 0 Å². The molecule has 2 aliphatic heterocycles. The molecule has 1 saturated carbocycles. The highest BCUT2D eigenvalue weighted by Gasteiger charge is 2.57. The van der Waals surface area contributed by atoms with Crippen LogP contribution in [-0.4, -0.2) is 59.2 Å². The highest BCUT2D eigenvalue weighted by Crippen LogP contribution is 2.54. The number of benzene rings is 2. The molecule has 2 unspecified atom stereocenters. The van der Waals surface area contributed by atoms with E-state index in [-0.39, 0.29) is 10.7 Å². The van der Waals surface area contributed by atoms with Crippen molar-refractivity contribution in [3.05, 3.63) is 53.3 Å². The fraction of sp³-hybridized carbons (Fsp3) is 0.500. The van der Waals surface area contributed by atoms with Gasteiger partial charge in [0.25, 0.3) is 0 Å². The number of aryl methyl sites for hydroxylation is 1. The van der Waals surface area contributed by atoms with Gasteiger partial charge in [0.2, 0.25) is 10.0 Å². The Morgan fingerprint density at radius 1 is 1.09 bits per heavy atom. The number of halogens is 1. The molecule has 0 radical (unpaired) electrons. The summed E-state index contributed by atoms with van der Waals surface area (Å²) in [6.45, 7) is 5.61. The molecule has 172 valence electrons. The van der Waals surface area contributed by atoms with Gasteiger partial charge in [-0.25, -0.2) is 12.8 Å². The molecule has 3 aliphatic rings. The number of piperidine rings is 1. The maximum atomic E-state index is 14.7. The van der Waals surface area contributed by atoms with Crippen LogP contribution in [0.4, 0.5) is 10.1 Å². The number of anilines is 1. The molecule has 2 aromatic rings. The first-order valence-electron chi connectivity index (χ1n) is 11.1. The minimum atomic E-state index is -3.59. The lowest BCUT2D eigenvalue weighted by molar-refractivity contribution is 0.122. The van der Waals surface area contributed by atoms with Crippen LogP contribution in [-0.2, 0) is 21.2 Å². The summed E-state index contributed by atoms with van der Waals surface area (Å²) in [4.78, 5) is 2.25. The molecule has 2 aromatic carbocycles. The average Bonchev–Trinajstić information content (AvgIpc) is 3.20. The Morgan fingerprint density at radius 2 is 1.81 bits per heavy atom. The van der Waals surface area contributed by atoms with Gasteiger partial charge in [-0.2, -0.15) is 4.31 Å². The van der Waals surface area contributed by atoms with Gasteiger partial charge in [-0.1, -0.05) is 12.1 Å². The summed E-state index contributed by atoms with van der Waals surface area (Å²) in [5.74, 6) is 1.28. The van der Waals surface area contributed by atoms with Crippen molar-refractivity contribution in [3.63, 3.8) is 0 Å². The van der Waals surface area contributed by atoms with Crippen LogP contribution in [0.25, 0.3) is 0 Å². The molecular formula is C24H29FN2O4S. The Morgan fingerprint density at radius 3 is 2.47 bits per heavy atom. The van der Waals surface area contributed by atoms with Crippen LogP contribution in [0, 0.1) is 30.5 Å². The molecule has 0 amide bonds. The Bertz CT molecular complexity index is 1100. The fourth-order valence-corrected chi connectivity index (χ4v) is 6.90. The van der Waals surface area contributed by atoms with Gasteiger partial charge in [0.1, 0.15) is 16.5 Å². The largest absolute Gasteiger partial charge is 0.495 e. The first-order chi connectivity index (χ1) is 15.4. The number of methoxy groups -OCH3 is 1. The van der Waals surface area contributed by atoms with Crippen molar-refractivity contribution in [1.82, 2.24) is 4.31 Å². The molecule has 0 N–H and O–H groups in total. The second-order valence-corrected chi connectivity index (χ2v) is 11.0. The first-order valence-corrected chi connectivity index (χ1v) is 12.6. The zero-order valence-electron chi connectivity index (χ0n) is 18.5. The van der Waals surface area contributed by atoms with Gasteiger partial charge in [-0.15, -0.1) is 0 Å². The van der Waals surface area contributed by atoms with Gasteiger partial charge < -0.3 is 14.4 Å². The zero-order valence-corrected chi connectivity index (χ0v) is 19.3. The van der Waals surface area contributed by atoms with Crippen LogP contribution >= 0.6 is 0 Å². The van der Waals surface area contributed by atoms with E-state index in [0.29, 0.717) is 68.6 Å². The van der Waals surface area contributed by atoms with Crippen LogP contribution in [0.2, 0.25) is 0 Å². The summed E-state index contributed by atoms with van der Waals surface area (Å²) < 4.78 is 53.3. The highest BCUT2D eigenvalue weighted by atomic mass is 32.2. The maximum absolute atomic E-state index is 14.7. The van der Waals surface area contributed by atoms with E-state index in [2.05, 4.69) is 0 Å². The molecule has 0 aromatic heterocycles. The molecule has 0 spiro atoms. The van der Waals surface area contributed by atoms with E-state index in [4.69, 9.17) is 9.47 Å². The molecule has 5 rings (SSSR count). The number of hydrogen-bond donors (Lipinski definition) is 0. The smallest absolute Gasteiger partial charge is 0.246 e. The van der Waals surface area contributed by atoms with Crippen LogP contribution < -0.4 is 9.64 Å². The lowest BCUT2D eigenvalue weighted by atomic mass is 10.0. The van der Waals surface area contributed by atoms with E-state index in [1.807, 2.05) is 24.0 Å². The van der Waals surface area contributed by atoms with Crippen molar-refractivity contribution in [3.8, 4) is 5.75 Å². The third-order valence-corrected chi connectivity index (χ3v) is 8.98. The van der Waals surface area contributed by atoms with Gasteiger partial charge in [-0.05, 0) is 66.5 Å². The Balaban J connectivity index is 1.23. The average molecular weight is 461 g/mol.